The highest BCUT2D eigenvalue weighted by Gasteiger charge is 2.51. The van der Waals surface area contributed by atoms with E-state index in [1.807, 2.05) is 0 Å². The number of rotatable bonds is 1. The summed E-state index contributed by atoms with van der Waals surface area (Å²) in [6, 6.07) is -0.827. The number of amides is 1. The zero-order chi connectivity index (χ0) is 13.5. The quantitative estimate of drug-likeness (QED) is 0.757. The summed E-state index contributed by atoms with van der Waals surface area (Å²) < 4.78 is 10.5. The van der Waals surface area contributed by atoms with Gasteiger partial charge in [0.25, 0.3) is 0 Å². The lowest BCUT2D eigenvalue weighted by Gasteiger charge is -2.28. The van der Waals surface area contributed by atoms with Crippen LogP contribution < -0.4 is 0 Å². The maximum atomic E-state index is 12.0. The number of likely N-dealkylation sites (tertiary alicyclic amines) is 1. The Hall–Kier alpha value is -1.30. The summed E-state index contributed by atoms with van der Waals surface area (Å²) >= 11 is 0. The number of nitrogens with zero attached hydrogens (tertiary/aromatic N) is 1. The van der Waals surface area contributed by atoms with E-state index in [1.54, 1.807) is 20.8 Å². The van der Waals surface area contributed by atoms with Crippen molar-refractivity contribution >= 4 is 12.1 Å². The minimum Gasteiger partial charge on any atom is -0.480 e. The van der Waals surface area contributed by atoms with Crippen molar-refractivity contribution in [2.24, 2.45) is 11.8 Å². The number of carbonyl (C=O) groups is 2. The Bertz CT molecular complexity index is 362. The van der Waals surface area contributed by atoms with Crippen molar-refractivity contribution in [1.29, 1.82) is 0 Å². The maximum Gasteiger partial charge on any atom is 0.411 e. The average Bonchev–Trinajstić information content (AvgIpc) is 2.70. The predicted molar refractivity (Wildman–Crippen MR) is 62.2 cm³/mol. The van der Waals surface area contributed by atoms with Crippen LogP contribution >= 0.6 is 0 Å². The van der Waals surface area contributed by atoms with Gasteiger partial charge < -0.3 is 14.6 Å². The van der Waals surface area contributed by atoms with Crippen molar-refractivity contribution in [3.63, 3.8) is 0 Å². The molecule has 102 valence electrons. The van der Waals surface area contributed by atoms with Gasteiger partial charge in [-0.2, -0.15) is 0 Å². The number of hydrogen-bond donors (Lipinski definition) is 1. The molecule has 2 unspecified atom stereocenters. The molecule has 0 saturated carbocycles. The molecule has 0 aromatic carbocycles. The Labute approximate surface area is 106 Å². The fourth-order valence-corrected chi connectivity index (χ4v) is 2.57. The van der Waals surface area contributed by atoms with Crippen LogP contribution in [0.1, 0.15) is 20.8 Å². The molecule has 2 aliphatic rings. The van der Waals surface area contributed by atoms with Gasteiger partial charge in [-0.3, -0.25) is 4.90 Å². The summed E-state index contributed by atoms with van der Waals surface area (Å²) in [5.74, 6) is -0.993. The number of hydrogen-bond acceptors (Lipinski definition) is 4. The third kappa shape index (κ3) is 2.43. The molecule has 3 atom stereocenters. The van der Waals surface area contributed by atoms with Crippen molar-refractivity contribution in [3.05, 3.63) is 0 Å². The molecule has 6 nitrogen and oxygen atoms in total. The third-order valence-electron chi connectivity index (χ3n) is 3.30. The topological polar surface area (TPSA) is 76.1 Å². The zero-order valence-electron chi connectivity index (χ0n) is 10.9. The first-order chi connectivity index (χ1) is 8.29. The molecule has 2 fully saturated rings. The van der Waals surface area contributed by atoms with Gasteiger partial charge >= 0.3 is 12.1 Å². The van der Waals surface area contributed by atoms with E-state index in [9.17, 15) is 14.7 Å². The normalized spacial score (nSPS) is 31.3. The van der Waals surface area contributed by atoms with Crippen LogP contribution in [-0.4, -0.2) is 53.5 Å². The molecule has 0 radical (unpaired) electrons. The molecule has 1 amide bonds. The van der Waals surface area contributed by atoms with Crippen molar-refractivity contribution in [1.82, 2.24) is 4.90 Å². The van der Waals surface area contributed by atoms with E-state index in [-0.39, 0.29) is 11.8 Å². The lowest BCUT2D eigenvalue weighted by Crippen LogP contribution is -2.46. The van der Waals surface area contributed by atoms with Crippen LogP contribution in [-0.2, 0) is 14.3 Å². The van der Waals surface area contributed by atoms with E-state index in [0.717, 1.165) is 0 Å². The Morgan fingerprint density at radius 3 is 2.56 bits per heavy atom. The minimum absolute atomic E-state index is 0.110. The molecule has 2 aliphatic heterocycles. The van der Waals surface area contributed by atoms with Gasteiger partial charge in [-0.05, 0) is 20.8 Å². The Balaban J connectivity index is 2.12. The monoisotopic (exact) mass is 257 g/mol. The number of ether oxygens (including phenoxy) is 2. The molecule has 2 rings (SSSR count). The average molecular weight is 257 g/mol. The Kier molecular flexibility index (Phi) is 3.23. The van der Waals surface area contributed by atoms with Crippen LogP contribution in [0.5, 0.6) is 0 Å². The van der Waals surface area contributed by atoms with E-state index in [4.69, 9.17) is 9.47 Å². The van der Waals surface area contributed by atoms with Crippen molar-refractivity contribution < 1.29 is 24.2 Å². The number of fused-ring (bicyclic) bond motifs is 1. The number of aliphatic carboxylic acids is 1. The van der Waals surface area contributed by atoms with E-state index >= 15 is 0 Å². The van der Waals surface area contributed by atoms with E-state index in [1.165, 1.54) is 4.90 Å². The summed E-state index contributed by atoms with van der Waals surface area (Å²) in [7, 11) is 0. The Morgan fingerprint density at radius 2 is 2.00 bits per heavy atom. The molecule has 0 bridgehead atoms. The lowest BCUT2D eigenvalue weighted by atomic mass is 9.94. The summed E-state index contributed by atoms with van der Waals surface area (Å²) in [4.78, 5) is 24.7. The van der Waals surface area contributed by atoms with Gasteiger partial charge in [0.1, 0.15) is 11.6 Å². The predicted octanol–water partition coefficient (Wildman–Crippen LogP) is 0.953. The van der Waals surface area contributed by atoms with Gasteiger partial charge in [-0.25, -0.2) is 9.59 Å². The first-order valence-corrected chi connectivity index (χ1v) is 6.10. The van der Waals surface area contributed by atoms with Crippen LogP contribution in [0, 0.1) is 11.8 Å². The zero-order valence-corrected chi connectivity index (χ0v) is 10.9. The highest BCUT2D eigenvalue weighted by Crippen LogP contribution is 2.35. The molecular weight excluding hydrogens is 238 g/mol. The fraction of sp³-hybridized carbons (Fsp3) is 0.833. The van der Waals surface area contributed by atoms with Gasteiger partial charge in [0.2, 0.25) is 0 Å². The number of carboxylic acid groups (broad SMARTS) is 1. The van der Waals surface area contributed by atoms with Crippen molar-refractivity contribution in [2.75, 3.05) is 19.8 Å². The van der Waals surface area contributed by atoms with Crippen LogP contribution in [0.25, 0.3) is 0 Å². The molecule has 0 spiro atoms. The number of carbonyl (C=O) groups excluding carboxylic acids is 1. The molecule has 0 aromatic heterocycles. The van der Waals surface area contributed by atoms with Gasteiger partial charge in [-0.15, -0.1) is 0 Å². The first kappa shape index (κ1) is 13.1. The van der Waals surface area contributed by atoms with Gasteiger partial charge in [0.15, 0.2) is 0 Å². The standard InChI is InChI=1S/C12H19NO5/c1-12(2,3)18-11(16)13-4-7-5-17-6-8(7)9(13)10(14)15/h7-9H,4-6H2,1-3H3,(H,14,15)/t7-,8?,9?/m1/s1. The summed E-state index contributed by atoms with van der Waals surface area (Å²) in [5, 5.41) is 9.27. The first-order valence-electron chi connectivity index (χ1n) is 6.10. The molecule has 2 heterocycles. The molecule has 0 aromatic rings. The van der Waals surface area contributed by atoms with E-state index in [2.05, 4.69) is 0 Å². The molecule has 2 saturated heterocycles. The largest absolute Gasteiger partial charge is 0.480 e. The van der Waals surface area contributed by atoms with Crippen LogP contribution in [0.15, 0.2) is 0 Å². The van der Waals surface area contributed by atoms with E-state index in [0.29, 0.717) is 19.8 Å². The summed E-state index contributed by atoms with van der Waals surface area (Å²) in [5.41, 5.74) is -0.617. The van der Waals surface area contributed by atoms with Crippen LogP contribution in [0.4, 0.5) is 4.79 Å². The molecule has 6 heteroatoms. The Morgan fingerprint density at radius 1 is 1.33 bits per heavy atom. The third-order valence-corrected chi connectivity index (χ3v) is 3.30. The molecular formula is C12H19NO5. The second kappa shape index (κ2) is 4.42. The smallest absolute Gasteiger partial charge is 0.411 e. The summed E-state index contributed by atoms with van der Waals surface area (Å²) in [6.07, 6.45) is -0.552. The molecule has 0 aliphatic carbocycles. The second-order valence-electron chi connectivity index (χ2n) is 5.88. The summed E-state index contributed by atoms with van der Waals surface area (Å²) in [6.45, 7) is 6.62. The second-order valence-corrected chi connectivity index (χ2v) is 5.88. The lowest BCUT2D eigenvalue weighted by molar-refractivity contribution is -0.143. The van der Waals surface area contributed by atoms with Crippen molar-refractivity contribution in [2.45, 2.75) is 32.4 Å². The van der Waals surface area contributed by atoms with Gasteiger partial charge in [0.05, 0.1) is 13.2 Å². The minimum atomic E-state index is -0.987. The van der Waals surface area contributed by atoms with Crippen LogP contribution in [0.2, 0.25) is 0 Å². The number of carboxylic acids is 1. The highest BCUT2D eigenvalue weighted by atomic mass is 16.6. The molecule has 18 heavy (non-hydrogen) atoms. The van der Waals surface area contributed by atoms with Crippen LogP contribution in [0.3, 0.4) is 0 Å². The SMILES string of the molecule is CC(C)(C)OC(=O)N1C[C@@H]2COCC2C1C(=O)O. The van der Waals surface area contributed by atoms with Crippen molar-refractivity contribution in [3.8, 4) is 0 Å². The van der Waals surface area contributed by atoms with Gasteiger partial charge in [-0.1, -0.05) is 0 Å². The maximum absolute atomic E-state index is 12.0. The van der Waals surface area contributed by atoms with Gasteiger partial charge in [0, 0.05) is 18.4 Å². The molecule has 1 N–H and O–H groups in total. The highest BCUT2D eigenvalue weighted by molar-refractivity contribution is 5.81. The fourth-order valence-electron chi connectivity index (χ4n) is 2.57. The van der Waals surface area contributed by atoms with E-state index < -0.39 is 23.7 Å².